The fourth-order valence-electron chi connectivity index (χ4n) is 6.18. The predicted molar refractivity (Wildman–Crippen MR) is 150 cm³/mol. The minimum Gasteiger partial charge on any atom is -0.340 e. The van der Waals surface area contributed by atoms with Gasteiger partial charge in [0.25, 0.3) is 0 Å². The van der Waals surface area contributed by atoms with Crippen LogP contribution in [0.2, 0.25) is 0 Å². The Morgan fingerprint density at radius 1 is 0.864 bits per heavy atom. The molecular weight excluding hydrogens is 593 g/mol. The minimum atomic E-state index is -5.01. The monoisotopic (exact) mass is 630 g/mol. The van der Waals surface area contributed by atoms with Crippen LogP contribution in [-0.4, -0.2) is 77.4 Å². The van der Waals surface area contributed by atoms with E-state index >= 15 is 0 Å². The average molecular weight is 631 g/mol. The summed E-state index contributed by atoms with van der Waals surface area (Å²) in [6.07, 6.45) is -8.97. The van der Waals surface area contributed by atoms with Crippen molar-refractivity contribution in [3.8, 4) is 0 Å². The van der Waals surface area contributed by atoms with Crippen molar-refractivity contribution in [2.24, 2.45) is 0 Å². The molecule has 3 amide bonds. The van der Waals surface area contributed by atoms with Crippen LogP contribution in [0.3, 0.4) is 0 Å². The molecule has 0 saturated carbocycles. The number of rotatable bonds is 4. The number of carbonyl (C=O) groups excluding carboxylic acids is 2. The highest BCUT2D eigenvalue weighted by molar-refractivity contribution is 5.76. The van der Waals surface area contributed by atoms with Gasteiger partial charge >= 0.3 is 18.4 Å². The normalized spacial score (nSPS) is 20.9. The van der Waals surface area contributed by atoms with Crippen LogP contribution < -0.4 is 0 Å². The average Bonchev–Trinajstić information content (AvgIpc) is 2.96. The zero-order chi connectivity index (χ0) is 32.7. The standard InChI is InChI=1S/C31H37F7N4O2/c1-18-13-27(32)19(2)12-26(18)28-17-25(41-10-8-40(9-11-41)21(4)43)6-7-42(28)29(44)39(5)20(3)22-14-23(30(33,34)35)16-24(15-22)31(36,37)38/h12-16,20,25,28H,6-11,17H2,1-5H3. The molecule has 2 aromatic carbocycles. The number of hydrogen-bond acceptors (Lipinski definition) is 3. The first-order valence-corrected chi connectivity index (χ1v) is 14.5. The first-order chi connectivity index (χ1) is 20.4. The first kappa shape index (κ1) is 33.5. The highest BCUT2D eigenvalue weighted by Gasteiger charge is 2.41. The molecule has 44 heavy (non-hydrogen) atoms. The van der Waals surface area contributed by atoms with Crippen molar-refractivity contribution >= 4 is 11.9 Å². The van der Waals surface area contributed by atoms with E-state index in [1.807, 2.05) is 0 Å². The third-order valence-corrected chi connectivity index (χ3v) is 8.98. The Morgan fingerprint density at radius 2 is 1.43 bits per heavy atom. The minimum absolute atomic E-state index is 0.000589. The Morgan fingerprint density at radius 3 is 1.95 bits per heavy atom. The van der Waals surface area contributed by atoms with E-state index < -0.39 is 47.4 Å². The van der Waals surface area contributed by atoms with Gasteiger partial charge in [-0.3, -0.25) is 9.69 Å². The molecule has 0 aliphatic carbocycles. The highest BCUT2D eigenvalue weighted by Crippen LogP contribution is 2.40. The second-order valence-corrected chi connectivity index (χ2v) is 11.8. The zero-order valence-corrected chi connectivity index (χ0v) is 25.3. The summed E-state index contributed by atoms with van der Waals surface area (Å²) in [6.45, 7) is 8.99. The van der Waals surface area contributed by atoms with Crippen LogP contribution >= 0.6 is 0 Å². The van der Waals surface area contributed by atoms with Gasteiger partial charge in [-0.15, -0.1) is 0 Å². The lowest BCUT2D eigenvalue weighted by Gasteiger charge is -2.47. The lowest BCUT2D eigenvalue weighted by atomic mass is 9.87. The van der Waals surface area contributed by atoms with Gasteiger partial charge in [0.2, 0.25) is 5.91 Å². The summed E-state index contributed by atoms with van der Waals surface area (Å²) in [5.41, 5.74) is -1.45. The lowest BCUT2D eigenvalue weighted by molar-refractivity contribution is -0.143. The van der Waals surface area contributed by atoms with Gasteiger partial charge in [-0.05, 0) is 80.1 Å². The number of urea groups is 1. The summed E-state index contributed by atoms with van der Waals surface area (Å²) < 4.78 is 95.6. The van der Waals surface area contributed by atoms with E-state index in [4.69, 9.17) is 0 Å². The van der Waals surface area contributed by atoms with Gasteiger partial charge in [0.15, 0.2) is 0 Å². The molecule has 2 aromatic rings. The second-order valence-electron chi connectivity index (χ2n) is 11.8. The number of piperidine rings is 1. The molecule has 0 spiro atoms. The van der Waals surface area contributed by atoms with Gasteiger partial charge in [0, 0.05) is 52.7 Å². The third-order valence-electron chi connectivity index (χ3n) is 8.98. The zero-order valence-electron chi connectivity index (χ0n) is 25.3. The molecule has 242 valence electrons. The Hall–Kier alpha value is -3.35. The van der Waals surface area contributed by atoms with Crippen molar-refractivity contribution in [1.82, 2.24) is 19.6 Å². The maximum absolute atomic E-state index is 14.4. The van der Waals surface area contributed by atoms with Crippen LogP contribution in [0.5, 0.6) is 0 Å². The summed E-state index contributed by atoms with van der Waals surface area (Å²) in [5.74, 6) is -0.395. The quantitative estimate of drug-likeness (QED) is 0.343. The van der Waals surface area contributed by atoms with Gasteiger partial charge in [0.1, 0.15) is 5.82 Å². The van der Waals surface area contributed by atoms with Crippen molar-refractivity contribution in [2.75, 3.05) is 39.8 Å². The molecule has 0 bridgehead atoms. The van der Waals surface area contributed by atoms with Crippen LogP contribution in [0.4, 0.5) is 35.5 Å². The number of likely N-dealkylation sites (tertiary alicyclic amines) is 1. The second kappa shape index (κ2) is 12.6. The molecule has 2 aliphatic heterocycles. The molecule has 2 saturated heterocycles. The summed E-state index contributed by atoms with van der Waals surface area (Å²) in [4.78, 5) is 32.6. The van der Waals surface area contributed by atoms with Crippen LogP contribution in [0.25, 0.3) is 0 Å². The number of alkyl halides is 6. The van der Waals surface area contributed by atoms with Crippen molar-refractivity contribution in [3.05, 3.63) is 69.5 Å². The Balaban J connectivity index is 1.65. The summed E-state index contributed by atoms with van der Waals surface area (Å²) in [5, 5.41) is 0. The molecule has 3 atom stereocenters. The fraction of sp³-hybridized carbons (Fsp3) is 0.548. The van der Waals surface area contributed by atoms with Crippen molar-refractivity contribution < 1.29 is 40.3 Å². The lowest BCUT2D eigenvalue weighted by Crippen LogP contribution is -2.56. The van der Waals surface area contributed by atoms with Crippen LogP contribution in [0.1, 0.15) is 72.2 Å². The molecule has 4 rings (SSSR count). The van der Waals surface area contributed by atoms with Crippen LogP contribution in [0, 0.1) is 19.7 Å². The van der Waals surface area contributed by atoms with Gasteiger partial charge in [-0.25, -0.2) is 9.18 Å². The van der Waals surface area contributed by atoms with Gasteiger partial charge in [-0.1, -0.05) is 6.07 Å². The predicted octanol–water partition coefficient (Wildman–Crippen LogP) is 6.96. The van der Waals surface area contributed by atoms with Gasteiger partial charge in [-0.2, -0.15) is 26.3 Å². The fourth-order valence-corrected chi connectivity index (χ4v) is 6.18. The summed E-state index contributed by atoms with van der Waals surface area (Å²) >= 11 is 0. The Kier molecular flexibility index (Phi) is 9.58. The molecular formula is C31H37F7N4O2. The molecule has 2 fully saturated rings. The van der Waals surface area contributed by atoms with Crippen molar-refractivity contribution in [3.63, 3.8) is 0 Å². The first-order valence-electron chi connectivity index (χ1n) is 14.5. The van der Waals surface area contributed by atoms with E-state index in [0.29, 0.717) is 62.3 Å². The molecule has 2 heterocycles. The topological polar surface area (TPSA) is 47.1 Å². The maximum Gasteiger partial charge on any atom is 0.416 e. The van der Waals surface area contributed by atoms with Crippen LogP contribution in [-0.2, 0) is 17.1 Å². The molecule has 0 radical (unpaired) electrons. The van der Waals surface area contributed by atoms with Gasteiger partial charge < -0.3 is 14.7 Å². The molecule has 2 aliphatic rings. The summed E-state index contributed by atoms with van der Waals surface area (Å²) in [7, 11) is 1.35. The molecule has 6 nitrogen and oxygen atoms in total. The van der Waals surface area contributed by atoms with Crippen molar-refractivity contribution in [1.29, 1.82) is 0 Å². The number of amides is 3. The molecule has 3 unspecified atom stereocenters. The number of aryl methyl sites for hydroxylation is 2. The Bertz CT molecular complexity index is 1350. The number of nitrogens with zero attached hydrogens (tertiary/aromatic N) is 4. The van der Waals surface area contributed by atoms with E-state index in [0.717, 1.165) is 10.5 Å². The molecule has 0 N–H and O–H groups in total. The summed E-state index contributed by atoms with van der Waals surface area (Å²) in [6, 6.07) is 2.28. The van der Waals surface area contributed by atoms with Crippen LogP contribution in [0.15, 0.2) is 30.3 Å². The van der Waals surface area contributed by atoms with Crippen molar-refractivity contribution in [2.45, 2.75) is 71.0 Å². The number of halogens is 7. The number of piperazine rings is 1. The third kappa shape index (κ3) is 7.13. The van der Waals surface area contributed by atoms with E-state index in [-0.39, 0.29) is 30.1 Å². The number of hydrogen-bond donors (Lipinski definition) is 0. The van der Waals surface area contributed by atoms with E-state index in [2.05, 4.69) is 4.90 Å². The molecule has 13 heteroatoms. The maximum atomic E-state index is 14.4. The smallest absolute Gasteiger partial charge is 0.340 e. The van der Waals surface area contributed by atoms with Gasteiger partial charge in [0.05, 0.1) is 23.2 Å². The number of carbonyl (C=O) groups is 2. The van der Waals surface area contributed by atoms with E-state index in [9.17, 15) is 40.3 Å². The number of benzene rings is 2. The largest absolute Gasteiger partial charge is 0.416 e. The molecule has 0 aromatic heterocycles. The van der Waals surface area contributed by atoms with E-state index in [1.165, 1.54) is 27.0 Å². The SMILES string of the molecule is CC(=O)N1CCN(C2CCN(C(=O)N(C)C(C)c3cc(C(F)(F)F)cc(C(F)(F)F)c3)C(c3cc(C)c(F)cc3C)C2)CC1. The Labute approximate surface area is 252 Å². The van der Waals surface area contributed by atoms with E-state index in [1.54, 1.807) is 29.7 Å². The highest BCUT2D eigenvalue weighted by atomic mass is 19.4.